The zero-order valence-electron chi connectivity index (χ0n) is 13.2. The summed E-state index contributed by atoms with van der Waals surface area (Å²) in [6.07, 6.45) is 2.54. The van der Waals surface area contributed by atoms with Gasteiger partial charge in [-0.3, -0.25) is 4.90 Å². The van der Waals surface area contributed by atoms with E-state index in [2.05, 4.69) is 31.0 Å². The third-order valence-electron chi connectivity index (χ3n) is 4.45. The second-order valence-electron chi connectivity index (χ2n) is 6.35. The SMILES string of the molecule is CC(C)N(CC1CCCNC1)C(C)c1ccc(F)c(Cl)c1. The molecule has 0 spiro atoms. The minimum atomic E-state index is -0.347. The van der Waals surface area contributed by atoms with Crippen LogP contribution in [-0.4, -0.2) is 30.6 Å². The van der Waals surface area contributed by atoms with Gasteiger partial charge in [-0.2, -0.15) is 0 Å². The van der Waals surface area contributed by atoms with Crippen molar-refractivity contribution in [3.8, 4) is 0 Å². The van der Waals surface area contributed by atoms with Gasteiger partial charge in [0.2, 0.25) is 0 Å². The van der Waals surface area contributed by atoms with Crippen molar-refractivity contribution in [3.05, 3.63) is 34.6 Å². The van der Waals surface area contributed by atoms with E-state index in [0.29, 0.717) is 12.0 Å². The predicted molar refractivity (Wildman–Crippen MR) is 87.3 cm³/mol. The van der Waals surface area contributed by atoms with E-state index in [-0.39, 0.29) is 16.9 Å². The van der Waals surface area contributed by atoms with Crippen LogP contribution < -0.4 is 5.32 Å². The first-order chi connectivity index (χ1) is 9.99. The monoisotopic (exact) mass is 312 g/mol. The summed E-state index contributed by atoms with van der Waals surface area (Å²) in [6, 6.07) is 5.77. The molecule has 1 heterocycles. The van der Waals surface area contributed by atoms with E-state index in [1.54, 1.807) is 6.07 Å². The zero-order valence-corrected chi connectivity index (χ0v) is 14.0. The summed E-state index contributed by atoms with van der Waals surface area (Å²) in [7, 11) is 0. The molecule has 1 aromatic rings. The Labute approximate surface area is 132 Å². The molecule has 1 aliphatic heterocycles. The molecule has 1 N–H and O–H groups in total. The van der Waals surface area contributed by atoms with Gasteiger partial charge in [0.1, 0.15) is 5.82 Å². The Kier molecular flexibility index (Phi) is 6.03. The van der Waals surface area contributed by atoms with E-state index in [1.165, 1.54) is 18.9 Å². The van der Waals surface area contributed by atoms with Gasteiger partial charge in [0, 0.05) is 18.6 Å². The van der Waals surface area contributed by atoms with Gasteiger partial charge in [-0.05, 0) is 70.3 Å². The van der Waals surface area contributed by atoms with Crippen LogP contribution in [0.3, 0.4) is 0 Å². The summed E-state index contributed by atoms with van der Waals surface area (Å²) in [5.41, 5.74) is 1.08. The van der Waals surface area contributed by atoms with Crippen molar-refractivity contribution in [2.45, 2.75) is 45.7 Å². The second-order valence-corrected chi connectivity index (χ2v) is 6.76. The topological polar surface area (TPSA) is 15.3 Å². The van der Waals surface area contributed by atoms with Gasteiger partial charge in [-0.1, -0.05) is 17.7 Å². The molecule has 118 valence electrons. The van der Waals surface area contributed by atoms with Crippen molar-refractivity contribution in [3.63, 3.8) is 0 Å². The quantitative estimate of drug-likeness (QED) is 0.874. The van der Waals surface area contributed by atoms with Gasteiger partial charge in [0.05, 0.1) is 5.02 Å². The molecule has 0 saturated carbocycles. The van der Waals surface area contributed by atoms with Crippen molar-refractivity contribution < 1.29 is 4.39 Å². The molecule has 2 nitrogen and oxygen atoms in total. The lowest BCUT2D eigenvalue weighted by Crippen LogP contribution is -2.42. The van der Waals surface area contributed by atoms with E-state index in [1.807, 2.05) is 6.07 Å². The first-order valence-corrected chi connectivity index (χ1v) is 8.28. The standard InChI is InChI=1S/C17H26ClFN2/c1-12(2)21(11-14-5-4-8-20-10-14)13(3)15-6-7-17(19)16(18)9-15/h6-7,9,12-14,20H,4-5,8,10-11H2,1-3H3. The van der Waals surface area contributed by atoms with Crippen LogP contribution in [0, 0.1) is 11.7 Å². The fourth-order valence-corrected chi connectivity index (χ4v) is 3.35. The van der Waals surface area contributed by atoms with E-state index < -0.39 is 0 Å². The average Bonchev–Trinajstić information content (AvgIpc) is 2.47. The molecule has 2 atom stereocenters. The van der Waals surface area contributed by atoms with Crippen LogP contribution in [0.4, 0.5) is 4.39 Å². The minimum absolute atomic E-state index is 0.211. The Balaban J connectivity index is 2.10. The maximum absolute atomic E-state index is 13.3. The summed E-state index contributed by atoms with van der Waals surface area (Å²) in [5, 5.41) is 3.69. The Bertz CT molecular complexity index is 458. The van der Waals surface area contributed by atoms with E-state index in [9.17, 15) is 4.39 Å². The van der Waals surface area contributed by atoms with Crippen LogP contribution in [0.25, 0.3) is 0 Å². The summed E-state index contributed by atoms with van der Waals surface area (Å²) in [6.45, 7) is 9.93. The number of hydrogen-bond donors (Lipinski definition) is 1. The number of nitrogens with zero attached hydrogens (tertiary/aromatic N) is 1. The van der Waals surface area contributed by atoms with Crippen molar-refractivity contribution in [2.75, 3.05) is 19.6 Å². The molecule has 4 heteroatoms. The number of piperidine rings is 1. The number of benzene rings is 1. The molecule has 1 aromatic carbocycles. The minimum Gasteiger partial charge on any atom is -0.316 e. The van der Waals surface area contributed by atoms with Gasteiger partial charge in [-0.15, -0.1) is 0 Å². The zero-order chi connectivity index (χ0) is 15.4. The Morgan fingerprint density at radius 3 is 2.71 bits per heavy atom. The molecule has 0 radical (unpaired) electrons. The molecule has 1 aliphatic rings. The van der Waals surface area contributed by atoms with Crippen LogP contribution in [0.2, 0.25) is 5.02 Å². The molecule has 0 bridgehead atoms. The van der Waals surface area contributed by atoms with Gasteiger partial charge in [0.15, 0.2) is 0 Å². The van der Waals surface area contributed by atoms with E-state index in [4.69, 9.17) is 11.6 Å². The van der Waals surface area contributed by atoms with E-state index in [0.717, 1.165) is 25.2 Å². The van der Waals surface area contributed by atoms with Crippen LogP contribution >= 0.6 is 11.6 Å². The van der Waals surface area contributed by atoms with Gasteiger partial charge < -0.3 is 5.32 Å². The fourth-order valence-electron chi connectivity index (χ4n) is 3.16. The molecular weight excluding hydrogens is 287 g/mol. The molecule has 0 amide bonds. The number of hydrogen-bond acceptors (Lipinski definition) is 2. The fraction of sp³-hybridized carbons (Fsp3) is 0.647. The molecule has 1 fully saturated rings. The highest BCUT2D eigenvalue weighted by molar-refractivity contribution is 6.30. The highest BCUT2D eigenvalue weighted by Gasteiger charge is 2.24. The molecule has 0 aliphatic carbocycles. The Morgan fingerprint density at radius 2 is 2.14 bits per heavy atom. The summed E-state index contributed by atoms with van der Waals surface area (Å²) < 4.78 is 13.3. The van der Waals surface area contributed by atoms with Gasteiger partial charge in [0.25, 0.3) is 0 Å². The lowest BCUT2D eigenvalue weighted by Gasteiger charge is -2.37. The lowest BCUT2D eigenvalue weighted by atomic mass is 9.96. The van der Waals surface area contributed by atoms with E-state index >= 15 is 0 Å². The first-order valence-electron chi connectivity index (χ1n) is 7.90. The molecule has 21 heavy (non-hydrogen) atoms. The maximum atomic E-state index is 13.3. The van der Waals surface area contributed by atoms with Crippen molar-refractivity contribution >= 4 is 11.6 Å². The average molecular weight is 313 g/mol. The highest BCUT2D eigenvalue weighted by atomic mass is 35.5. The predicted octanol–water partition coefficient (Wildman–Crippen LogP) is 4.25. The van der Waals surface area contributed by atoms with Crippen LogP contribution in [-0.2, 0) is 0 Å². The Morgan fingerprint density at radius 1 is 1.38 bits per heavy atom. The largest absolute Gasteiger partial charge is 0.316 e. The number of nitrogens with one attached hydrogen (secondary N) is 1. The highest BCUT2D eigenvalue weighted by Crippen LogP contribution is 2.28. The molecule has 0 aromatic heterocycles. The van der Waals surface area contributed by atoms with Crippen molar-refractivity contribution in [1.82, 2.24) is 10.2 Å². The van der Waals surface area contributed by atoms with Crippen LogP contribution in [0.5, 0.6) is 0 Å². The summed E-state index contributed by atoms with van der Waals surface area (Å²) in [4.78, 5) is 2.49. The van der Waals surface area contributed by atoms with Gasteiger partial charge >= 0.3 is 0 Å². The normalized spacial score (nSPS) is 21.0. The number of halogens is 2. The van der Waals surface area contributed by atoms with Gasteiger partial charge in [-0.25, -0.2) is 4.39 Å². The molecule has 1 saturated heterocycles. The molecule has 2 unspecified atom stereocenters. The van der Waals surface area contributed by atoms with Crippen LogP contribution in [0.1, 0.15) is 45.2 Å². The smallest absolute Gasteiger partial charge is 0.141 e. The number of rotatable bonds is 5. The second kappa shape index (κ2) is 7.57. The van der Waals surface area contributed by atoms with Crippen molar-refractivity contribution in [2.24, 2.45) is 5.92 Å². The van der Waals surface area contributed by atoms with Crippen molar-refractivity contribution in [1.29, 1.82) is 0 Å². The lowest BCUT2D eigenvalue weighted by molar-refractivity contribution is 0.126. The van der Waals surface area contributed by atoms with Crippen LogP contribution in [0.15, 0.2) is 18.2 Å². The maximum Gasteiger partial charge on any atom is 0.141 e. The third kappa shape index (κ3) is 4.41. The summed E-state index contributed by atoms with van der Waals surface area (Å²) >= 11 is 5.93. The molecule has 2 rings (SSSR count). The Hall–Kier alpha value is -0.640. The molecular formula is C17H26ClFN2. The summed E-state index contributed by atoms with van der Waals surface area (Å²) in [5.74, 6) is 0.347. The first kappa shape index (κ1) is 16.7. The third-order valence-corrected chi connectivity index (χ3v) is 4.74.